The molecule has 1 saturated heterocycles. The average molecular weight is 655 g/mol. The molecule has 5 nitrogen and oxygen atoms in total. The molecule has 5 heteroatoms. The Balaban J connectivity index is 0.000000314. The minimum atomic E-state index is 0.0563. The molecule has 0 aliphatic carbocycles. The monoisotopic (exact) mass is 654 g/mol. The maximum Gasteiger partial charge on any atom is 0.258 e. The number of Topliss-reactive ketones (excluding diaryl/α,β-unsaturated/α-hetero) is 1. The zero-order valence-corrected chi connectivity index (χ0v) is 31.5. The number of ketones is 1. The number of hydrogen-bond donors (Lipinski definition) is 0. The molecule has 0 saturated carbocycles. The number of benzene rings is 3. The highest BCUT2D eigenvalue weighted by Crippen LogP contribution is 2.40. The third-order valence-corrected chi connectivity index (χ3v) is 8.56. The zero-order valence-electron chi connectivity index (χ0n) is 31.5. The van der Waals surface area contributed by atoms with Crippen LogP contribution in [-0.2, 0) is 9.53 Å². The fourth-order valence-electron chi connectivity index (χ4n) is 6.44. The van der Waals surface area contributed by atoms with Crippen molar-refractivity contribution in [3.8, 4) is 0 Å². The van der Waals surface area contributed by atoms with Crippen LogP contribution in [0.1, 0.15) is 108 Å². The van der Waals surface area contributed by atoms with E-state index in [0.29, 0.717) is 24.7 Å². The summed E-state index contributed by atoms with van der Waals surface area (Å²) in [7, 11) is 3.25. The molecule has 0 radical (unpaired) electrons. The SMILES string of the molecule is C=C1c2ccccc2C(=O)N1CCN1CCC(C(=O)CC(C)(C)C)CC1.CC.CC(C)(C)C(c1ccccc1)c1ccccc1.COC. The number of fused-ring (bicyclic) bond motifs is 1. The first kappa shape index (κ1) is 40.6. The van der Waals surface area contributed by atoms with Gasteiger partial charge in [-0.2, -0.15) is 0 Å². The molecule has 2 aliphatic heterocycles. The highest BCUT2D eigenvalue weighted by molar-refractivity contribution is 6.08. The van der Waals surface area contributed by atoms with Gasteiger partial charge in [0.25, 0.3) is 5.91 Å². The van der Waals surface area contributed by atoms with Crippen molar-refractivity contribution in [2.75, 3.05) is 40.4 Å². The fourth-order valence-corrected chi connectivity index (χ4v) is 6.44. The van der Waals surface area contributed by atoms with Gasteiger partial charge in [-0.15, -0.1) is 0 Å². The highest BCUT2D eigenvalue weighted by Gasteiger charge is 2.32. The summed E-state index contributed by atoms with van der Waals surface area (Å²) in [6.07, 6.45) is 2.53. The zero-order chi connectivity index (χ0) is 35.9. The van der Waals surface area contributed by atoms with Crippen LogP contribution in [0.3, 0.4) is 0 Å². The van der Waals surface area contributed by atoms with Crippen LogP contribution in [0.25, 0.3) is 5.70 Å². The number of amides is 1. The second-order valence-electron chi connectivity index (χ2n) is 14.8. The minimum Gasteiger partial charge on any atom is -0.388 e. The third kappa shape index (κ3) is 12.2. The van der Waals surface area contributed by atoms with E-state index in [1.165, 1.54) is 11.1 Å². The Kier molecular flexibility index (Phi) is 16.5. The van der Waals surface area contributed by atoms with E-state index >= 15 is 0 Å². The van der Waals surface area contributed by atoms with E-state index in [2.05, 4.69) is 118 Å². The van der Waals surface area contributed by atoms with Gasteiger partial charge >= 0.3 is 0 Å². The number of ether oxygens (including phenoxy) is 1. The van der Waals surface area contributed by atoms with Crippen LogP contribution >= 0.6 is 0 Å². The second kappa shape index (κ2) is 19.5. The summed E-state index contributed by atoms with van der Waals surface area (Å²) in [6, 6.07) is 29.2. The normalized spacial score (nSPS) is 15.0. The Hall–Kier alpha value is -3.54. The number of hydrogen-bond acceptors (Lipinski definition) is 4. The quantitative estimate of drug-likeness (QED) is 0.254. The molecule has 0 atom stereocenters. The van der Waals surface area contributed by atoms with Crippen LogP contribution < -0.4 is 0 Å². The Morgan fingerprint density at radius 2 is 1.21 bits per heavy atom. The molecule has 2 heterocycles. The van der Waals surface area contributed by atoms with Gasteiger partial charge in [0.1, 0.15) is 5.78 Å². The molecule has 0 unspecified atom stereocenters. The maximum absolute atomic E-state index is 12.6. The van der Waals surface area contributed by atoms with Crippen LogP contribution in [0.15, 0.2) is 91.5 Å². The van der Waals surface area contributed by atoms with Gasteiger partial charge in [-0.1, -0.05) is 141 Å². The molecule has 3 aromatic carbocycles. The Morgan fingerprint density at radius 1 is 0.771 bits per heavy atom. The first-order chi connectivity index (χ1) is 22.8. The van der Waals surface area contributed by atoms with E-state index in [1.54, 1.807) is 19.1 Å². The Labute approximate surface area is 292 Å². The van der Waals surface area contributed by atoms with Crippen molar-refractivity contribution in [1.29, 1.82) is 0 Å². The van der Waals surface area contributed by atoms with Crippen molar-refractivity contribution in [3.63, 3.8) is 0 Å². The van der Waals surface area contributed by atoms with Gasteiger partial charge in [0.05, 0.1) is 0 Å². The Bertz CT molecular complexity index is 1320. The largest absolute Gasteiger partial charge is 0.388 e. The van der Waals surface area contributed by atoms with E-state index < -0.39 is 0 Å². The lowest BCUT2D eigenvalue weighted by Crippen LogP contribution is -2.41. The lowest BCUT2D eigenvalue weighted by Gasteiger charge is -2.33. The molecule has 0 spiro atoms. The van der Waals surface area contributed by atoms with Crippen molar-refractivity contribution in [2.24, 2.45) is 16.7 Å². The molecule has 1 amide bonds. The highest BCUT2D eigenvalue weighted by atomic mass is 16.4. The molecule has 3 aromatic rings. The Morgan fingerprint density at radius 3 is 1.62 bits per heavy atom. The molecule has 2 aliphatic rings. The number of methoxy groups -OCH3 is 1. The van der Waals surface area contributed by atoms with E-state index in [-0.39, 0.29) is 22.7 Å². The van der Waals surface area contributed by atoms with Crippen molar-refractivity contribution < 1.29 is 14.3 Å². The van der Waals surface area contributed by atoms with Gasteiger partial charge in [0.15, 0.2) is 0 Å². The predicted molar refractivity (Wildman–Crippen MR) is 203 cm³/mol. The molecular formula is C43H62N2O3. The van der Waals surface area contributed by atoms with Crippen LogP contribution in [0.2, 0.25) is 0 Å². The van der Waals surface area contributed by atoms with Gasteiger partial charge in [0, 0.05) is 62.4 Å². The van der Waals surface area contributed by atoms with Crippen LogP contribution in [-0.4, -0.2) is 61.9 Å². The summed E-state index contributed by atoms with van der Waals surface area (Å²) in [5.41, 5.74) is 5.59. The molecule has 1 fully saturated rings. The van der Waals surface area contributed by atoms with Crippen molar-refractivity contribution in [3.05, 3.63) is 114 Å². The van der Waals surface area contributed by atoms with Gasteiger partial charge in [-0.3, -0.25) is 9.59 Å². The maximum atomic E-state index is 12.6. The average Bonchev–Trinajstić information content (AvgIpc) is 3.30. The topological polar surface area (TPSA) is 49.9 Å². The number of nitrogens with zero attached hydrogens (tertiary/aromatic N) is 2. The smallest absolute Gasteiger partial charge is 0.258 e. The van der Waals surface area contributed by atoms with Crippen molar-refractivity contribution in [2.45, 2.75) is 80.6 Å². The predicted octanol–water partition coefficient (Wildman–Crippen LogP) is 9.98. The first-order valence-electron chi connectivity index (χ1n) is 17.6. The molecule has 0 N–H and O–H groups in total. The van der Waals surface area contributed by atoms with E-state index in [1.807, 2.05) is 38.1 Å². The van der Waals surface area contributed by atoms with E-state index in [9.17, 15) is 9.59 Å². The summed E-state index contributed by atoms with van der Waals surface area (Å²) in [4.78, 5) is 29.1. The lowest BCUT2D eigenvalue weighted by atomic mass is 9.73. The molecule has 0 bridgehead atoms. The van der Waals surface area contributed by atoms with E-state index in [0.717, 1.165) is 49.3 Å². The number of carbonyl (C=O) groups is 2. The molecule has 48 heavy (non-hydrogen) atoms. The molecular weight excluding hydrogens is 592 g/mol. The summed E-state index contributed by atoms with van der Waals surface area (Å²) in [6.45, 7) is 24.7. The van der Waals surface area contributed by atoms with Crippen molar-refractivity contribution in [1.82, 2.24) is 9.80 Å². The van der Waals surface area contributed by atoms with Crippen LogP contribution in [0, 0.1) is 16.7 Å². The van der Waals surface area contributed by atoms with Crippen LogP contribution in [0.4, 0.5) is 0 Å². The summed E-state index contributed by atoms with van der Waals surface area (Å²) in [5.74, 6) is 1.12. The van der Waals surface area contributed by atoms with Gasteiger partial charge in [-0.25, -0.2) is 0 Å². The van der Waals surface area contributed by atoms with Crippen LogP contribution in [0.5, 0.6) is 0 Å². The van der Waals surface area contributed by atoms with Gasteiger partial charge in [0.2, 0.25) is 0 Å². The number of piperidine rings is 1. The second-order valence-corrected chi connectivity index (χ2v) is 14.8. The third-order valence-electron chi connectivity index (χ3n) is 8.56. The van der Waals surface area contributed by atoms with Crippen molar-refractivity contribution >= 4 is 17.4 Å². The lowest BCUT2D eigenvalue weighted by molar-refractivity contribution is -0.126. The first-order valence-corrected chi connectivity index (χ1v) is 17.6. The molecule has 262 valence electrons. The molecule has 5 rings (SSSR count). The summed E-state index contributed by atoms with van der Waals surface area (Å²) >= 11 is 0. The number of carbonyl (C=O) groups excluding carboxylic acids is 2. The summed E-state index contributed by atoms with van der Waals surface area (Å²) in [5, 5.41) is 0. The minimum absolute atomic E-state index is 0.0563. The summed E-state index contributed by atoms with van der Waals surface area (Å²) < 4.78 is 4.25. The number of likely N-dealkylation sites (tertiary alicyclic amines) is 1. The van der Waals surface area contributed by atoms with E-state index in [4.69, 9.17) is 0 Å². The number of rotatable bonds is 7. The van der Waals surface area contributed by atoms with Gasteiger partial charge in [-0.05, 0) is 54.0 Å². The fraction of sp³-hybridized carbons (Fsp3) is 0.488. The van der Waals surface area contributed by atoms with Gasteiger partial charge < -0.3 is 14.5 Å². The molecule has 0 aromatic heterocycles. The standard InChI is InChI=1S/C22H30N2O2.C17H20.C2H6O.C2H6/c1-16-18-7-5-6-8-19(18)21(26)24(16)14-13-23-11-9-17(10-12-23)20(25)15-22(2,3)4;1-17(2,3)16(14-10-6-4-7-11-14)15-12-8-5-9-13-15;1-3-2;1-2/h5-8,17H,1,9-15H2,2-4H3;4-13,16H,1-3H3;1-2H3;1-2H3.